The Labute approximate surface area is 122 Å². The van der Waals surface area contributed by atoms with Crippen LogP contribution in [0.3, 0.4) is 0 Å². The van der Waals surface area contributed by atoms with E-state index >= 15 is 0 Å². The lowest BCUT2D eigenvalue weighted by Crippen LogP contribution is -2.53. The number of methoxy groups -OCH3 is 1. The fraction of sp³-hybridized carbons (Fsp3) is 0.929. The zero-order valence-electron chi connectivity index (χ0n) is 13.1. The van der Waals surface area contributed by atoms with E-state index < -0.39 is 11.7 Å². The van der Waals surface area contributed by atoms with Crippen LogP contribution in [0.1, 0.15) is 33.6 Å². The molecule has 0 aromatic rings. The van der Waals surface area contributed by atoms with Crippen molar-refractivity contribution in [1.29, 1.82) is 0 Å². The average molecular weight is 287 g/mol. The molecule has 1 heterocycles. The van der Waals surface area contributed by atoms with E-state index in [4.69, 9.17) is 15.2 Å². The van der Waals surface area contributed by atoms with Gasteiger partial charge in [0.15, 0.2) is 0 Å². The predicted octanol–water partition coefficient (Wildman–Crippen LogP) is 0.949. The molecule has 0 spiro atoms. The average Bonchev–Trinajstić information content (AvgIpc) is 2.37. The molecule has 3 N–H and O–H groups in total. The van der Waals surface area contributed by atoms with Crippen molar-refractivity contribution < 1.29 is 14.3 Å². The van der Waals surface area contributed by atoms with E-state index in [-0.39, 0.29) is 12.1 Å². The van der Waals surface area contributed by atoms with Crippen LogP contribution in [0.5, 0.6) is 0 Å². The van der Waals surface area contributed by atoms with E-state index in [0.29, 0.717) is 13.1 Å². The number of alkyl carbamates (subject to hydrolysis) is 1. The lowest BCUT2D eigenvalue weighted by molar-refractivity contribution is 0.0144. The smallest absolute Gasteiger partial charge is 0.407 e. The molecule has 0 aliphatic carbocycles. The Kier molecular flexibility index (Phi) is 6.71. The monoisotopic (exact) mass is 287 g/mol. The maximum absolute atomic E-state index is 11.7. The molecule has 1 fully saturated rings. The first-order valence-corrected chi connectivity index (χ1v) is 7.29. The molecular formula is C14H29N3O3. The number of rotatable bonds is 5. The van der Waals surface area contributed by atoms with Crippen LogP contribution in [0.2, 0.25) is 0 Å². The molecule has 2 atom stereocenters. The highest BCUT2D eigenvalue weighted by Crippen LogP contribution is 2.14. The van der Waals surface area contributed by atoms with Crippen LogP contribution in [-0.2, 0) is 9.47 Å². The second kappa shape index (κ2) is 7.81. The quantitative estimate of drug-likeness (QED) is 0.787. The van der Waals surface area contributed by atoms with Gasteiger partial charge < -0.3 is 20.5 Å². The van der Waals surface area contributed by atoms with Gasteiger partial charge in [-0.1, -0.05) is 0 Å². The van der Waals surface area contributed by atoms with Gasteiger partial charge in [0.1, 0.15) is 5.60 Å². The first-order valence-electron chi connectivity index (χ1n) is 7.29. The van der Waals surface area contributed by atoms with E-state index in [2.05, 4.69) is 10.2 Å². The predicted molar refractivity (Wildman–Crippen MR) is 78.7 cm³/mol. The summed E-state index contributed by atoms with van der Waals surface area (Å²) in [5, 5.41) is 2.80. The van der Waals surface area contributed by atoms with Gasteiger partial charge in [0.2, 0.25) is 0 Å². The number of hydrogen-bond acceptors (Lipinski definition) is 5. The maximum Gasteiger partial charge on any atom is 0.407 e. The van der Waals surface area contributed by atoms with Crippen LogP contribution in [0, 0.1) is 0 Å². The standard InChI is InChI=1S/C14H29N3O3/c1-14(2,3)20-13(18)16-9-11(8-15)17-7-5-6-12(10-17)19-4/h11-12H,5-10,15H2,1-4H3,(H,16,18). The highest BCUT2D eigenvalue weighted by molar-refractivity contribution is 5.67. The third-order valence-electron chi connectivity index (χ3n) is 3.41. The van der Waals surface area contributed by atoms with E-state index in [1.807, 2.05) is 20.8 Å². The highest BCUT2D eigenvalue weighted by atomic mass is 16.6. The van der Waals surface area contributed by atoms with Crippen LogP contribution in [0.25, 0.3) is 0 Å². The van der Waals surface area contributed by atoms with Crippen LogP contribution in [0.4, 0.5) is 4.79 Å². The first-order chi connectivity index (χ1) is 9.35. The molecule has 1 aliphatic heterocycles. The Morgan fingerprint density at radius 3 is 2.75 bits per heavy atom. The summed E-state index contributed by atoms with van der Waals surface area (Å²) in [6.45, 7) is 8.42. The zero-order valence-corrected chi connectivity index (χ0v) is 13.1. The topological polar surface area (TPSA) is 76.8 Å². The van der Waals surface area contributed by atoms with E-state index in [9.17, 15) is 4.79 Å². The molecule has 6 heteroatoms. The molecule has 1 aliphatic rings. The molecule has 0 bridgehead atoms. The van der Waals surface area contributed by atoms with Gasteiger partial charge in [-0.2, -0.15) is 0 Å². The highest BCUT2D eigenvalue weighted by Gasteiger charge is 2.26. The fourth-order valence-corrected chi connectivity index (χ4v) is 2.37. The van der Waals surface area contributed by atoms with Gasteiger partial charge in [0, 0.05) is 32.8 Å². The van der Waals surface area contributed by atoms with Gasteiger partial charge in [0.05, 0.1) is 6.10 Å². The molecule has 0 aromatic heterocycles. The van der Waals surface area contributed by atoms with Crippen molar-refractivity contribution in [3.05, 3.63) is 0 Å². The van der Waals surface area contributed by atoms with Crippen molar-refractivity contribution in [2.75, 3.05) is 33.3 Å². The van der Waals surface area contributed by atoms with Crippen molar-refractivity contribution in [2.45, 2.75) is 51.4 Å². The molecule has 2 unspecified atom stereocenters. The lowest BCUT2D eigenvalue weighted by Gasteiger charge is -2.37. The number of ether oxygens (including phenoxy) is 2. The summed E-state index contributed by atoms with van der Waals surface area (Å²) >= 11 is 0. The Morgan fingerprint density at radius 2 is 2.20 bits per heavy atom. The third-order valence-corrected chi connectivity index (χ3v) is 3.41. The molecule has 1 rings (SSSR count). The number of amides is 1. The number of piperidine rings is 1. The van der Waals surface area contributed by atoms with Crippen molar-refractivity contribution in [3.8, 4) is 0 Å². The summed E-state index contributed by atoms with van der Waals surface area (Å²) < 4.78 is 10.6. The molecule has 0 saturated carbocycles. The minimum Gasteiger partial charge on any atom is -0.444 e. The summed E-state index contributed by atoms with van der Waals surface area (Å²) in [4.78, 5) is 14.0. The first kappa shape index (κ1) is 17.2. The van der Waals surface area contributed by atoms with Gasteiger partial charge in [-0.3, -0.25) is 4.90 Å². The molecule has 1 saturated heterocycles. The zero-order chi connectivity index (χ0) is 15.2. The fourth-order valence-electron chi connectivity index (χ4n) is 2.37. The maximum atomic E-state index is 11.7. The van der Waals surface area contributed by atoms with Crippen molar-refractivity contribution >= 4 is 6.09 Å². The van der Waals surface area contributed by atoms with Gasteiger partial charge in [0.25, 0.3) is 0 Å². The van der Waals surface area contributed by atoms with Crippen LogP contribution < -0.4 is 11.1 Å². The molecule has 1 amide bonds. The van der Waals surface area contributed by atoms with E-state index in [1.165, 1.54) is 0 Å². The van der Waals surface area contributed by atoms with Crippen molar-refractivity contribution in [3.63, 3.8) is 0 Å². The molecule has 20 heavy (non-hydrogen) atoms. The van der Waals surface area contributed by atoms with Crippen molar-refractivity contribution in [2.24, 2.45) is 5.73 Å². The van der Waals surface area contributed by atoms with Crippen molar-refractivity contribution in [1.82, 2.24) is 10.2 Å². The minimum atomic E-state index is -0.478. The summed E-state index contributed by atoms with van der Waals surface area (Å²) in [5.74, 6) is 0. The largest absolute Gasteiger partial charge is 0.444 e. The molecular weight excluding hydrogens is 258 g/mol. The van der Waals surface area contributed by atoms with Crippen LogP contribution >= 0.6 is 0 Å². The minimum absolute atomic E-state index is 0.125. The molecule has 0 aromatic carbocycles. The SMILES string of the molecule is COC1CCCN(C(CN)CNC(=O)OC(C)(C)C)C1. The number of nitrogens with two attached hydrogens (primary N) is 1. The number of carbonyl (C=O) groups is 1. The van der Waals surface area contributed by atoms with Crippen LogP contribution in [0.15, 0.2) is 0 Å². The van der Waals surface area contributed by atoms with Crippen LogP contribution in [-0.4, -0.2) is 62.0 Å². The molecule has 6 nitrogen and oxygen atoms in total. The number of hydrogen-bond donors (Lipinski definition) is 2. The van der Waals surface area contributed by atoms with E-state index in [1.54, 1.807) is 7.11 Å². The number of nitrogens with zero attached hydrogens (tertiary/aromatic N) is 1. The lowest BCUT2D eigenvalue weighted by atomic mass is 10.1. The van der Waals surface area contributed by atoms with E-state index in [0.717, 1.165) is 25.9 Å². The van der Waals surface area contributed by atoms with Gasteiger partial charge in [-0.25, -0.2) is 4.79 Å². The second-order valence-corrected chi connectivity index (χ2v) is 6.27. The summed E-state index contributed by atoms with van der Waals surface area (Å²) in [7, 11) is 1.74. The molecule has 118 valence electrons. The Hall–Kier alpha value is -0.850. The summed E-state index contributed by atoms with van der Waals surface area (Å²) in [6, 6.07) is 0.125. The Morgan fingerprint density at radius 1 is 1.50 bits per heavy atom. The summed E-state index contributed by atoms with van der Waals surface area (Å²) in [6.07, 6.45) is 2.06. The second-order valence-electron chi connectivity index (χ2n) is 6.27. The Bertz CT molecular complexity index is 305. The van der Waals surface area contributed by atoms with Gasteiger partial charge >= 0.3 is 6.09 Å². The van der Waals surface area contributed by atoms with Gasteiger partial charge in [-0.05, 0) is 40.2 Å². The number of likely N-dealkylation sites (tertiary alicyclic amines) is 1. The summed E-state index contributed by atoms with van der Waals surface area (Å²) in [5.41, 5.74) is 5.35. The number of carbonyl (C=O) groups excluding carboxylic acids is 1. The molecule has 0 radical (unpaired) electrons. The number of nitrogens with one attached hydrogen (secondary N) is 1. The van der Waals surface area contributed by atoms with Gasteiger partial charge in [-0.15, -0.1) is 0 Å². The Balaban J connectivity index is 2.40. The normalized spacial score (nSPS) is 22.4. The third kappa shape index (κ3) is 6.07.